The topological polar surface area (TPSA) is 82.1 Å². The molecule has 156 valence electrons. The van der Waals surface area contributed by atoms with E-state index in [-0.39, 0.29) is 10.6 Å². The number of ether oxygens (including phenoxy) is 3. The third kappa shape index (κ3) is 3.89. The summed E-state index contributed by atoms with van der Waals surface area (Å²) in [6.45, 7) is 2.21. The van der Waals surface area contributed by atoms with Crippen molar-refractivity contribution >= 4 is 40.6 Å². The Morgan fingerprint density at radius 2 is 1.63 bits per heavy atom. The monoisotopic (exact) mass is 429 g/mol. The summed E-state index contributed by atoms with van der Waals surface area (Å²) in [7, 11) is 2.97. The van der Waals surface area contributed by atoms with Gasteiger partial charge in [0, 0.05) is 0 Å². The Kier molecular flexibility index (Phi) is 6.42. The number of imide groups is 1. The summed E-state index contributed by atoms with van der Waals surface area (Å²) in [5, 5.41) is -0.196. The number of carbonyl (C=O) groups is 3. The van der Waals surface area contributed by atoms with Crippen LogP contribution in [0.5, 0.6) is 11.5 Å². The Hall–Kier alpha value is -3.32. The predicted molar refractivity (Wildman–Crippen MR) is 112 cm³/mol. The average Bonchev–Trinajstić information content (AvgIpc) is 2.99. The molecule has 2 aromatic rings. The van der Waals surface area contributed by atoms with E-state index in [4.69, 9.17) is 25.8 Å². The van der Waals surface area contributed by atoms with Crippen molar-refractivity contribution in [2.75, 3.05) is 25.7 Å². The summed E-state index contributed by atoms with van der Waals surface area (Å²) < 4.78 is 15.5. The predicted octanol–water partition coefficient (Wildman–Crippen LogP) is 3.79. The molecule has 0 bridgehead atoms. The van der Waals surface area contributed by atoms with E-state index in [0.29, 0.717) is 41.3 Å². The van der Waals surface area contributed by atoms with Crippen LogP contribution in [0.3, 0.4) is 0 Å². The second-order valence-electron chi connectivity index (χ2n) is 6.39. The van der Waals surface area contributed by atoms with Gasteiger partial charge in [0.1, 0.15) is 5.03 Å². The Labute approximate surface area is 178 Å². The average molecular weight is 430 g/mol. The van der Waals surface area contributed by atoms with Crippen molar-refractivity contribution in [3.05, 3.63) is 58.6 Å². The van der Waals surface area contributed by atoms with Crippen LogP contribution in [0, 0.1) is 0 Å². The van der Waals surface area contributed by atoms with Gasteiger partial charge in [-0.05, 0) is 48.4 Å². The van der Waals surface area contributed by atoms with Gasteiger partial charge in [-0.2, -0.15) is 0 Å². The number of methoxy groups -OCH3 is 2. The van der Waals surface area contributed by atoms with Gasteiger partial charge in [-0.3, -0.25) is 9.59 Å². The Morgan fingerprint density at radius 3 is 2.23 bits per heavy atom. The number of esters is 1. The summed E-state index contributed by atoms with van der Waals surface area (Å²) in [4.78, 5) is 38.7. The number of anilines is 1. The molecule has 0 radical (unpaired) electrons. The van der Waals surface area contributed by atoms with E-state index in [1.54, 1.807) is 18.2 Å². The zero-order valence-electron chi connectivity index (χ0n) is 16.7. The molecule has 8 heteroatoms. The Bertz CT molecular complexity index is 1030. The molecule has 30 heavy (non-hydrogen) atoms. The number of rotatable bonds is 7. The van der Waals surface area contributed by atoms with Gasteiger partial charge in [0.05, 0.1) is 37.7 Å². The highest BCUT2D eigenvalue weighted by molar-refractivity contribution is 6.60. The second kappa shape index (κ2) is 9.00. The first-order valence-corrected chi connectivity index (χ1v) is 9.58. The summed E-state index contributed by atoms with van der Waals surface area (Å²) in [6.07, 6.45) is 0.712. The van der Waals surface area contributed by atoms with Gasteiger partial charge in [-0.25, -0.2) is 9.69 Å². The number of amides is 2. The number of hydrogen-bond acceptors (Lipinski definition) is 6. The van der Waals surface area contributed by atoms with Gasteiger partial charge in [0.25, 0.3) is 11.8 Å². The first kappa shape index (κ1) is 21.4. The molecule has 1 aliphatic heterocycles. The minimum absolute atomic E-state index is 0.0639. The molecule has 0 aromatic heterocycles. The maximum Gasteiger partial charge on any atom is 0.338 e. The van der Waals surface area contributed by atoms with Gasteiger partial charge >= 0.3 is 5.97 Å². The second-order valence-corrected chi connectivity index (χ2v) is 6.77. The summed E-state index contributed by atoms with van der Waals surface area (Å²) in [6, 6.07) is 10.8. The molecule has 0 fully saturated rings. The van der Waals surface area contributed by atoms with Gasteiger partial charge in [0.15, 0.2) is 11.5 Å². The molecule has 0 saturated heterocycles. The molecular formula is C22H20ClNO6. The summed E-state index contributed by atoms with van der Waals surface area (Å²) in [5.41, 5.74) is 1.11. The molecule has 7 nitrogen and oxygen atoms in total. The molecule has 0 N–H and O–H groups in total. The molecule has 3 rings (SSSR count). The van der Waals surface area contributed by atoms with Crippen molar-refractivity contribution in [1.82, 2.24) is 0 Å². The van der Waals surface area contributed by atoms with E-state index in [9.17, 15) is 14.4 Å². The van der Waals surface area contributed by atoms with Crippen LogP contribution in [-0.2, 0) is 14.3 Å². The van der Waals surface area contributed by atoms with Crippen molar-refractivity contribution < 1.29 is 28.6 Å². The van der Waals surface area contributed by atoms with Gasteiger partial charge in [-0.15, -0.1) is 0 Å². The van der Waals surface area contributed by atoms with Crippen molar-refractivity contribution in [3.8, 4) is 11.5 Å². The molecule has 2 aromatic carbocycles. The number of carbonyl (C=O) groups excluding carboxylic acids is 3. The van der Waals surface area contributed by atoms with Crippen LogP contribution in [-0.4, -0.2) is 38.6 Å². The molecule has 2 amide bonds. The maximum atomic E-state index is 13.0. The van der Waals surface area contributed by atoms with Crippen LogP contribution in [0.25, 0.3) is 5.57 Å². The minimum atomic E-state index is -0.646. The fourth-order valence-corrected chi connectivity index (χ4v) is 3.28. The van der Waals surface area contributed by atoms with Gasteiger partial charge < -0.3 is 14.2 Å². The van der Waals surface area contributed by atoms with E-state index in [1.807, 2.05) is 6.92 Å². The quantitative estimate of drug-likeness (QED) is 0.492. The summed E-state index contributed by atoms with van der Waals surface area (Å²) in [5.74, 6) is -0.798. The lowest BCUT2D eigenvalue weighted by Crippen LogP contribution is -2.31. The molecule has 1 heterocycles. The molecule has 0 aliphatic carbocycles. The van der Waals surface area contributed by atoms with Crippen molar-refractivity contribution in [2.45, 2.75) is 13.3 Å². The number of nitrogens with zero attached hydrogens (tertiary/aromatic N) is 1. The Morgan fingerprint density at radius 1 is 0.967 bits per heavy atom. The van der Waals surface area contributed by atoms with Crippen molar-refractivity contribution in [2.24, 2.45) is 0 Å². The minimum Gasteiger partial charge on any atom is -0.493 e. The van der Waals surface area contributed by atoms with Crippen LogP contribution in [0.15, 0.2) is 47.5 Å². The van der Waals surface area contributed by atoms with Crippen LogP contribution in [0.1, 0.15) is 29.3 Å². The molecular weight excluding hydrogens is 410 g/mol. The third-order valence-electron chi connectivity index (χ3n) is 4.50. The Balaban J connectivity index is 1.90. The lowest BCUT2D eigenvalue weighted by molar-refractivity contribution is -0.119. The van der Waals surface area contributed by atoms with E-state index in [0.717, 1.165) is 4.90 Å². The number of benzene rings is 2. The van der Waals surface area contributed by atoms with E-state index in [1.165, 1.54) is 38.5 Å². The molecule has 0 atom stereocenters. The van der Waals surface area contributed by atoms with Crippen LogP contribution in [0.2, 0.25) is 0 Å². The molecule has 0 spiro atoms. The van der Waals surface area contributed by atoms with E-state index < -0.39 is 17.8 Å². The number of hydrogen-bond donors (Lipinski definition) is 0. The van der Waals surface area contributed by atoms with Crippen molar-refractivity contribution in [3.63, 3.8) is 0 Å². The maximum absolute atomic E-state index is 13.0. The largest absolute Gasteiger partial charge is 0.493 e. The summed E-state index contributed by atoms with van der Waals surface area (Å²) >= 11 is 6.23. The number of halogens is 1. The van der Waals surface area contributed by atoms with Crippen LogP contribution >= 0.6 is 11.6 Å². The first-order valence-electron chi connectivity index (χ1n) is 9.21. The van der Waals surface area contributed by atoms with E-state index in [2.05, 4.69) is 0 Å². The zero-order valence-corrected chi connectivity index (χ0v) is 17.5. The zero-order chi connectivity index (χ0) is 21.8. The lowest BCUT2D eigenvalue weighted by Gasteiger charge is -2.15. The van der Waals surface area contributed by atoms with Crippen LogP contribution < -0.4 is 14.4 Å². The standard InChI is InChI=1S/C22H20ClNO6/c1-4-11-30-22(27)13-5-8-15(9-6-13)24-20(25)18(19(23)21(24)26)14-7-10-16(28-2)17(12-14)29-3/h5-10,12H,4,11H2,1-3H3. The molecule has 0 saturated carbocycles. The SMILES string of the molecule is CCCOC(=O)c1ccc(N2C(=O)C(Cl)=C(c3ccc(OC)c(OC)c3)C2=O)cc1. The normalized spacial score (nSPS) is 13.7. The first-order chi connectivity index (χ1) is 14.4. The van der Waals surface area contributed by atoms with Crippen molar-refractivity contribution in [1.29, 1.82) is 0 Å². The highest BCUT2D eigenvalue weighted by Gasteiger charge is 2.39. The fourth-order valence-electron chi connectivity index (χ4n) is 3.00. The fraction of sp³-hybridized carbons (Fsp3) is 0.227. The molecule has 0 unspecified atom stereocenters. The third-order valence-corrected chi connectivity index (χ3v) is 4.85. The lowest BCUT2D eigenvalue weighted by atomic mass is 10.1. The highest BCUT2D eigenvalue weighted by Crippen LogP contribution is 2.38. The smallest absolute Gasteiger partial charge is 0.338 e. The molecule has 1 aliphatic rings. The van der Waals surface area contributed by atoms with Gasteiger partial charge in [-0.1, -0.05) is 24.6 Å². The van der Waals surface area contributed by atoms with Crippen LogP contribution in [0.4, 0.5) is 5.69 Å². The van der Waals surface area contributed by atoms with E-state index >= 15 is 0 Å². The van der Waals surface area contributed by atoms with Gasteiger partial charge in [0.2, 0.25) is 0 Å². The highest BCUT2D eigenvalue weighted by atomic mass is 35.5.